The Morgan fingerprint density at radius 1 is 0.286 bits per heavy atom. The summed E-state index contributed by atoms with van der Waals surface area (Å²) in [6.07, 6.45) is 1.85. The molecule has 1 rings (SSSR count). The first-order valence-corrected chi connectivity index (χ1v) is 7.63. The van der Waals surface area contributed by atoms with Crippen molar-refractivity contribution in [3.05, 3.63) is 0 Å². The lowest BCUT2D eigenvalue weighted by atomic mass is 10.3. The van der Waals surface area contributed by atoms with Crippen molar-refractivity contribution in [2.75, 3.05) is 79.3 Å². The highest BCUT2D eigenvalue weighted by molar-refractivity contribution is 4.39. The van der Waals surface area contributed by atoms with Crippen LogP contribution in [0.15, 0.2) is 0 Å². The molecule has 0 spiro atoms. The van der Waals surface area contributed by atoms with E-state index in [-0.39, 0.29) is 0 Å². The Kier molecular flexibility index (Phi) is 14.4. The largest absolute Gasteiger partial charge is 0.379 e. The molecule has 0 unspecified atom stereocenters. The molecule has 0 aliphatic carbocycles. The monoisotopic (exact) mass is 308 g/mol. The average Bonchev–Trinajstić information content (AvgIpc) is 2.50. The van der Waals surface area contributed by atoms with Gasteiger partial charge < -0.3 is 23.7 Å². The van der Waals surface area contributed by atoms with Crippen LogP contribution in [0.25, 0.3) is 0 Å². The molecule has 7 heteroatoms. The molecule has 0 radical (unpaired) electrons. The minimum absolute atomic E-state index is 0.428. The van der Waals surface area contributed by atoms with E-state index in [1.807, 2.05) is 0 Å². The van der Waals surface area contributed by atoms with Crippen LogP contribution in [0.3, 0.4) is 0 Å². The molecule has 0 amide bonds. The van der Waals surface area contributed by atoms with Gasteiger partial charge in [0.05, 0.1) is 66.1 Å². The van der Waals surface area contributed by atoms with Gasteiger partial charge in [-0.15, -0.1) is 0 Å². The molecule has 21 heavy (non-hydrogen) atoms. The van der Waals surface area contributed by atoms with Crippen LogP contribution in [-0.2, 0) is 33.5 Å². The van der Waals surface area contributed by atoms with Gasteiger partial charge in [-0.25, -0.2) is 9.78 Å². The summed E-state index contributed by atoms with van der Waals surface area (Å²) in [5.41, 5.74) is 0. The molecule has 1 aliphatic heterocycles. The smallest absolute Gasteiger partial charge is 0.106 e. The fourth-order valence-corrected chi connectivity index (χ4v) is 1.56. The van der Waals surface area contributed by atoms with Crippen molar-refractivity contribution >= 4 is 0 Å². The second-order valence-electron chi connectivity index (χ2n) is 4.41. The average molecular weight is 308 g/mol. The van der Waals surface area contributed by atoms with Crippen LogP contribution < -0.4 is 0 Å². The fraction of sp³-hybridized carbons (Fsp3) is 1.00. The van der Waals surface area contributed by atoms with Gasteiger partial charge in [0.1, 0.15) is 6.61 Å². The Morgan fingerprint density at radius 2 is 0.619 bits per heavy atom. The van der Waals surface area contributed by atoms with Crippen molar-refractivity contribution in [3.63, 3.8) is 0 Å². The van der Waals surface area contributed by atoms with Crippen LogP contribution in [0.5, 0.6) is 0 Å². The Morgan fingerprint density at radius 3 is 1.14 bits per heavy atom. The van der Waals surface area contributed by atoms with Crippen molar-refractivity contribution in [3.8, 4) is 0 Å². The molecule has 0 aromatic heterocycles. The second-order valence-corrected chi connectivity index (χ2v) is 4.41. The fourth-order valence-electron chi connectivity index (χ4n) is 1.56. The number of hydrogen-bond donors (Lipinski definition) is 0. The van der Waals surface area contributed by atoms with Crippen LogP contribution in [-0.4, -0.2) is 79.3 Å². The highest BCUT2D eigenvalue weighted by Crippen LogP contribution is 1.93. The standard InChI is InChI=1S/C14H28O7/c1-2-4-20-21-14-13-19-12-11-18-10-9-17-8-7-16-6-5-15-3-1/h1-14H2. The SMILES string of the molecule is C1CCOOCCOCCOCCOCCOCCOC1. The summed E-state index contributed by atoms with van der Waals surface area (Å²) in [6.45, 7) is 6.80. The van der Waals surface area contributed by atoms with Gasteiger partial charge in [0.15, 0.2) is 0 Å². The highest BCUT2D eigenvalue weighted by Gasteiger charge is 1.96. The topological polar surface area (TPSA) is 64.6 Å². The molecular formula is C14H28O7. The van der Waals surface area contributed by atoms with E-state index < -0.39 is 0 Å². The highest BCUT2D eigenvalue weighted by atomic mass is 17.2. The van der Waals surface area contributed by atoms with E-state index in [9.17, 15) is 0 Å². The molecule has 0 saturated carbocycles. The predicted molar refractivity (Wildman–Crippen MR) is 75.2 cm³/mol. The summed E-state index contributed by atoms with van der Waals surface area (Å²) >= 11 is 0. The molecule has 1 saturated heterocycles. The lowest BCUT2D eigenvalue weighted by molar-refractivity contribution is -0.299. The van der Waals surface area contributed by atoms with E-state index >= 15 is 0 Å². The van der Waals surface area contributed by atoms with Gasteiger partial charge in [-0.1, -0.05) is 0 Å². The van der Waals surface area contributed by atoms with Gasteiger partial charge in [0.25, 0.3) is 0 Å². The molecular weight excluding hydrogens is 280 g/mol. The number of ether oxygens (including phenoxy) is 5. The Hall–Kier alpha value is -0.280. The Bertz CT molecular complexity index is 112. The molecule has 7 nitrogen and oxygen atoms in total. The first kappa shape index (κ1) is 18.8. The Balaban J connectivity index is 2.00. The third kappa shape index (κ3) is 14.4. The van der Waals surface area contributed by atoms with Crippen LogP contribution in [0.2, 0.25) is 0 Å². The van der Waals surface area contributed by atoms with Crippen molar-refractivity contribution < 1.29 is 33.5 Å². The minimum atomic E-state index is 0.428. The molecule has 0 atom stereocenters. The normalized spacial score (nSPS) is 24.0. The van der Waals surface area contributed by atoms with Crippen LogP contribution in [0.1, 0.15) is 12.8 Å². The zero-order valence-corrected chi connectivity index (χ0v) is 12.8. The maximum absolute atomic E-state index is 5.43. The molecule has 126 valence electrons. The molecule has 0 aromatic carbocycles. The van der Waals surface area contributed by atoms with Gasteiger partial charge >= 0.3 is 0 Å². The predicted octanol–water partition coefficient (Wildman–Crippen LogP) is 0.811. The summed E-state index contributed by atoms with van der Waals surface area (Å²) < 4.78 is 26.8. The molecule has 1 fully saturated rings. The van der Waals surface area contributed by atoms with Gasteiger partial charge in [-0.2, -0.15) is 0 Å². The Labute approximate surface area is 126 Å². The first-order valence-electron chi connectivity index (χ1n) is 7.63. The second kappa shape index (κ2) is 16.1. The van der Waals surface area contributed by atoms with E-state index in [1.54, 1.807) is 0 Å². The zero-order valence-electron chi connectivity index (χ0n) is 12.8. The maximum atomic E-state index is 5.43. The summed E-state index contributed by atoms with van der Waals surface area (Å²) in [4.78, 5) is 10.0. The van der Waals surface area contributed by atoms with E-state index in [2.05, 4.69) is 0 Å². The van der Waals surface area contributed by atoms with Crippen molar-refractivity contribution in [2.24, 2.45) is 0 Å². The van der Waals surface area contributed by atoms with Gasteiger partial charge in [0, 0.05) is 6.61 Å². The van der Waals surface area contributed by atoms with Crippen molar-refractivity contribution in [1.29, 1.82) is 0 Å². The van der Waals surface area contributed by atoms with E-state index in [4.69, 9.17) is 33.5 Å². The molecule has 0 aromatic rings. The van der Waals surface area contributed by atoms with E-state index in [0.29, 0.717) is 79.3 Å². The lowest BCUT2D eigenvalue weighted by Gasteiger charge is -2.07. The van der Waals surface area contributed by atoms with Crippen molar-refractivity contribution in [1.82, 2.24) is 0 Å². The van der Waals surface area contributed by atoms with Gasteiger partial charge in [-0.05, 0) is 12.8 Å². The minimum Gasteiger partial charge on any atom is -0.379 e. The van der Waals surface area contributed by atoms with Crippen molar-refractivity contribution in [2.45, 2.75) is 12.8 Å². The van der Waals surface area contributed by atoms with Crippen LogP contribution in [0.4, 0.5) is 0 Å². The first-order chi connectivity index (χ1) is 10.5. The summed E-state index contributed by atoms with van der Waals surface area (Å²) in [5, 5.41) is 0. The van der Waals surface area contributed by atoms with E-state index in [0.717, 1.165) is 12.8 Å². The molecule has 1 heterocycles. The van der Waals surface area contributed by atoms with Crippen LogP contribution >= 0.6 is 0 Å². The number of rotatable bonds is 0. The van der Waals surface area contributed by atoms with Gasteiger partial charge in [0.2, 0.25) is 0 Å². The third-order valence-electron chi connectivity index (χ3n) is 2.65. The van der Waals surface area contributed by atoms with Crippen LogP contribution in [0, 0.1) is 0 Å². The molecule has 0 bridgehead atoms. The lowest BCUT2D eigenvalue weighted by Crippen LogP contribution is -2.13. The quantitative estimate of drug-likeness (QED) is 0.614. The third-order valence-corrected chi connectivity index (χ3v) is 2.65. The maximum Gasteiger partial charge on any atom is 0.106 e. The molecule has 0 N–H and O–H groups in total. The summed E-state index contributed by atoms with van der Waals surface area (Å²) in [5.74, 6) is 0. The zero-order chi connectivity index (χ0) is 14.8. The number of hydrogen-bond acceptors (Lipinski definition) is 7. The summed E-state index contributed by atoms with van der Waals surface area (Å²) in [7, 11) is 0. The summed E-state index contributed by atoms with van der Waals surface area (Å²) in [6, 6.07) is 0. The van der Waals surface area contributed by atoms with Gasteiger partial charge in [-0.3, -0.25) is 0 Å². The molecule has 1 aliphatic rings. The van der Waals surface area contributed by atoms with E-state index in [1.165, 1.54) is 0 Å².